The Bertz CT molecular complexity index is 459. The molecule has 2 heterocycles. The first-order chi connectivity index (χ1) is 7.81. The van der Waals surface area contributed by atoms with Gasteiger partial charge >= 0.3 is 0 Å². The van der Waals surface area contributed by atoms with Crippen molar-refractivity contribution < 1.29 is 4.39 Å². The highest BCUT2D eigenvalue weighted by atomic mass is 19.1. The molecule has 0 aliphatic heterocycles. The molecule has 82 valence electrons. The van der Waals surface area contributed by atoms with E-state index in [4.69, 9.17) is 0 Å². The van der Waals surface area contributed by atoms with E-state index in [2.05, 4.69) is 15.3 Å². The van der Waals surface area contributed by atoms with Crippen LogP contribution in [0.4, 0.5) is 4.39 Å². The molecule has 0 saturated carbocycles. The first kappa shape index (κ1) is 10.7. The van der Waals surface area contributed by atoms with E-state index in [0.717, 1.165) is 11.3 Å². The van der Waals surface area contributed by atoms with Crippen LogP contribution in [0.2, 0.25) is 0 Å². The number of aromatic nitrogens is 2. The van der Waals surface area contributed by atoms with Crippen LogP contribution in [-0.4, -0.2) is 17.0 Å². The molecule has 4 heteroatoms. The third kappa shape index (κ3) is 2.23. The Morgan fingerprint density at radius 1 is 1.31 bits per heavy atom. The zero-order valence-corrected chi connectivity index (χ0v) is 8.89. The maximum atomic E-state index is 13.1. The van der Waals surface area contributed by atoms with Gasteiger partial charge in [0.2, 0.25) is 0 Å². The van der Waals surface area contributed by atoms with Crippen molar-refractivity contribution in [1.29, 1.82) is 0 Å². The highest BCUT2D eigenvalue weighted by molar-refractivity contribution is 5.25. The summed E-state index contributed by atoms with van der Waals surface area (Å²) < 4.78 is 13.1. The molecule has 0 radical (unpaired) electrons. The van der Waals surface area contributed by atoms with E-state index in [9.17, 15) is 4.39 Å². The predicted octanol–water partition coefficient (Wildman–Crippen LogP) is 1.92. The summed E-state index contributed by atoms with van der Waals surface area (Å²) in [5, 5.41) is 3.09. The van der Waals surface area contributed by atoms with Gasteiger partial charge in [-0.2, -0.15) is 0 Å². The number of rotatable bonds is 3. The monoisotopic (exact) mass is 217 g/mol. The molecule has 0 bridgehead atoms. The molecular weight excluding hydrogens is 205 g/mol. The Balaban J connectivity index is 2.37. The first-order valence-electron chi connectivity index (χ1n) is 5.00. The maximum absolute atomic E-state index is 13.1. The van der Waals surface area contributed by atoms with E-state index in [-0.39, 0.29) is 11.9 Å². The fourth-order valence-corrected chi connectivity index (χ4v) is 1.62. The van der Waals surface area contributed by atoms with Gasteiger partial charge in [0.05, 0.1) is 17.9 Å². The number of pyridine rings is 2. The second-order valence-corrected chi connectivity index (χ2v) is 3.41. The lowest BCUT2D eigenvalue weighted by molar-refractivity contribution is 0.606. The van der Waals surface area contributed by atoms with Crippen molar-refractivity contribution in [3.63, 3.8) is 0 Å². The van der Waals surface area contributed by atoms with Crippen LogP contribution in [0.3, 0.4) is 0 Å². The molecule has 0 aliphatic carbocycles. The Morgan fingerprint density at radius 3 is 2.81 bits per heavy atom. The molecular formula is C12H12FN3. The average molecular weight is 217 g/mol. The number of hydrogen-bond donors (Lipinski definition) is 1. The topological polar surface area (TPSA) is 37.8 Å². The molecule has 3 nitrogen and oxygen atoms in total. The Labute approximate surface area is 93.4 Å². The summed E-state index contributed by atoms with van der Waals surface area (Å²) in [5.74, 6) is -0.339. The third-order valence-corrected chi connectivity index (χ3v) is 2.33. The summed E-state index contributed by atoms with van der Waals surface area (Å²) in [6.07, 6.45) is 4.54. The average Bonchev–Trinajstić information content (AvgIpc) is 2.31. The van der Waals surface area contributed by atoms with Gasteiger partial charge in [0.25, 0.3) is 0 Å². The van der Waals surface area contributed by atoms with Gasteiger partial charge in [-0.15, -0.1) is 0 Å². The lowest BCUT2D eigenvalue weighted by Crippen LogP contribution is -2.19. The molecule has 0 aliphatic rings. The predicted molar refractivity (Wildman–Crippen MR) is 59.3 cm³/mol. The molecule has 0 spiro atoms. The molecule has 0 fully saturated rings. The number of nitrogens with one attached hydrogen (secondary N) is 1. The largest absolute Gasteiger partial charge is 0.308 e. The van der Waals surface area contributed by atoms with Crippen LogP contribution < -0.4 is 5.32 Å². The van der Waals surface area contributed by atoms with Crippen LogP contribution in [0.25, 0.3) is 0 Å². The third-order valence-electron chi connectivity index (χ3n) is 2.33. The Kier molecular flexibility index (Phi) is 3.22. The van der Waals surface area contributed by atoms with Crippen molar-refractivity contribution in [2.45, 2.75) is 6.04 Å². The van der Waals surface area contributed by atoms with Gasteiger partial charge in [-0.1, -0.05) is 6.07 Å². The van der Waals surface area contributed by atoms with Gasteiger partial charge in [-0.05, 0) is 30.8 Å². The first-order valence-corrected chi connectivity index (χ1v) is 5.00. The molecule has 1 atom stereocenters. The standard InChI is InChI=1S/C12H12FN3/c1-14-12(11-4-2-3-5-16-11)9-6-10(13)8-15-7-9/h2-8,12,14H,1H3. The van der Waals surface area contributed by atoms with E-state index in [1.165, 1.54) is 12.3 Å². The minimum Gasteiger partial charge on any atom is -0.308 e. The van der Waals surface area contributed by atoms with Gasteiger partial charge in [-0.3, -0.25) is 9.97 Å². The van der Waals surface area contributed by atoms with Crippen molar-refractivity contribution in [3.05, 3.63) is 59.9 Å². The van der Waals surface area contributed by atoms with Gasteiger partial charge < -0.3 is 5.32 Å². The summed E-state index contributed by atoms with van der Waals surface area (Å²) in [5.41, 5.74) is 1.61. The minimum absolute atomic E-state index is 0.135. The molecule has 0 amide bonds. The highest BCUT2D eigenvalue weighted by Crippen LogP contribution is 2.19. The second kappa shape index (κ2) is 4.81. The molecule has 0 saturated heterocycles. The van der Waals surface area contributed by atoms with Gasteiger partial charge in [0.1, 0.15) is 5.82 Å². The Hall–Kier alpha value is -1.81. The SMILES string of the molecule is CNC(c1cncc(F)c1)c1ccccn1. The minimum atomic E-state index is -0.339. The van der Waals surface area contributed by atoms with Crippen LogP contribution in [0, 0.1) is 5.82 Å². The van der Waals surface area contributed by atoms with Gasteiger partial charge in [0, 0.05) is 12.4 Å². The maximum Gasteiger partial charge on any atom is 0.141 e. The Morgan fingerprint density at radius 2 is 2.19 bits per heavy atom. The number of nitrogens with zero attached hydrogens (tertiary/aromatic N) is 2. The van der Waals surface area contributed by atoms with Crippen molar-refractivity contribution in [3.8, 4) is 0 Å². The normalized spacial score (nSPS) is 12.4. The summed E-state index contributed by atoms with van der Waals surface area (Å²) >= 11 is 0. The lowest BCUT2D eigenvalue weighted by Gasteiger charge is -2.15. The van der Waals surface area contributed by atoms with Crippen LogP contribution >= 0.6 is 0 Å². The fourth-order valence-electron chi connectivity index (χ4n) is 1.62. The number of halogens is 1. The van der Waals surface area contributed by atoms with Crippen molar-refractivity contribution in [2.24, 2.45) is 0 Å². The van der Waals surface area contributed by atoms with Gasteiger partial charge in [0.15, 0.2) is 0 Å². The summed E-state index contributed by atoms with van der Waals surface area (Å²) in [7, 11) is 1.81. The smallest absolute Gasteiger partial charge is 0.141 e. The van der Waals surface area contributed by atoms with Crippen molar-refractivity contribution >= 4 is 0 Å². The summed E-state index contributed by atoms with van der Waals surface area (Å²) in [6, 6.07) is 6.97. The lowest BCUT2D eigenvalue weighted by atomic mass is 10.1. The van der Waals surface area contributed by atoms with E-state index in [1.54, 1.807) is 12.4 Å². The van der Waals surface area contributed by atoms with Crippen molar-refractivity contribution in [1.82, 2.24) is 15.3 Å². The molecule has 1 unspecified atom stereocenters. The molecule has 16 heavy (non-hydrogen) atoms. The quantitative estimate of drug-likeness (QED) is 0.853. The van der Waals surface area contributed by atoms with Crippen LogP contribution in [0.1, 0.15) is 17.3 Å². The van der Waals surface area contributed by atoms with Crippen LogP contribution in [0.15, 0.2) is 42.9 Å². The van der Waals surface area contributed by atoms with E-state index < -0.39 is 0 Å². The highest BCUT2D eigenvalue weighted by Gasteiger charge is 2.13. The van der Waals surface area contributed by atoms with E-state index in [1.807, 2.05) is 25.2 Å². The molecule has 2 aromatic rings. The molecule has 2 aromatic heterocycles. The molecule has 1 N–H and O–H groups in total. The molecule has 0 aromatic carbocycles. The van der Waals surface area contributed by atoms with Gasteiger partial charge in [-0.25, -0.2) is 4.39 Å². The fraction of sp³-hybridized carbons (Fsp3) is 0.167. The molecule has 2 rings (SSSR count). The van der Waals surface area contributed by atoms with E-state index >= 15 is 0 Å². The van der Waals surface area contributed by atoms with Crippen LogP contribution in [0.5, 0.6) is 0 Å². The summed E-state index contributed by atoms with van der Waals surface area (Å²) in [4.78, 5) is 8.08. The van der Waals surface area contributed by atoms with Crippen LogP contribution in [-0.2, 0) is 0 Å². The zero-order valence-electron chi connectivity index (χ0n) is 8.89. The second-order valence-electron chi connectivity index (χ2n) is 3.41. The summed E-state index contributed by atoms with van der Waals surface area (Å²) in [6.45, 7) is 0. The number of hydrogen-bond acceptors (Lipinski definition) is 3. The van der Waals surface area contributed by atoms with E-state index in [0.29, 0.717) is 0 Å². The van der Waals surface area contributed by atoms with Crippen molar-refractivity contribution in [2.75, 3.05) is 7.05 Å². The zero-order chi connectivity index (χ0) is 11.4.